The van der Waals surface area contributed by atoms with Crippen molar-refractivity contribution in [1.29, 1.82) is 0 Å². The molecule has 0 spiro atoms. The summed E-state index contributed by atoms with van der Waals surface area (Å²) in [7, 11) is -6.04. The highest BCUT2D eigenvalue weighted by Crippen LogP contribution is 2.54. The molecular weight excluding hydrogens is 746 g/mol. The maximum Gasteiger partial charge on any atom is 0.465 e. The highest BCUT2D eigenvalue weighted by atomic mass is 32.2. The van der Waals surface area contributed by atoms with Gasteiger partial charge in [-0.25, -0.2) is 4.79 Å². The van der Waals surface area contributed by atoms with Crippen LogP contribution in [0.2, 0.25) is 0 Å². The van der Waals surface area contributed by atoms with Gasteiger partial charge in [0.2, 0.25) is 0 Å². The molecule has 16 heteroatoms. The molecule has 7 aliphatic rings. The van der Waals surface area contributed by atoms with E-state index in [9.17, 15) is 41.5 Å². The van der Waals surface area contributed by atoms with Crippen molar-refractivity contribution >= 4 is 34.6 Å². The zero-order valence-electron chi connectivity index (χ0n) is 31.2. The van der Waals surface area contributed by atoms with Crippen LogP contribution in [0.25, 0.3) is 0 Å². The molecule has 1 aliphatic heterocycles. The summed E-state index contributed by atoms with van der Waals surface area (Å²) in [5.41, 5.74) is -2.80. The van der Waals surface area contributed by atoms with E-state index in [-0.39, 0.29) is 63.4 Å². The van der Waals surface area contributed by atoms with Gasteiger partial charge >= 0.3 is 27.3 Å². The number of aldehydes is 2. The van der Waals surface area contributed by atoms with Gasteiger partial charge in [-0.1, -0.05) is 30.9 Å². The second-order valence-electron chi connectivity index (χ2n) is 18.3. The van der Waals surface area contributed by atoms with Gasteiger partial charge < -0.3 is 38.4 Å². The van der Waals surface area contributed by atoms with Gasteiger partial charge in [0, 0.05) is 23.2 Å². The van der Waals surface area contributed by atoms with Crippen molar-refractivity contribution in [2.45, 2.75) is 133 Å². The first-order valence-corrected chi connectivity index (χ1v) is 21.4. The predicted octanol–water partition coefficient (Wildman–Crippen LogP) is 5.08. The van der Waals surface area contributed by atoms with Crippen LogP contribution in [-0.4, -0.2) is 92.5 Å². The average molecular weight is 801 g/mol. The molecule has 6 fully saturated rings. The smallest absolute Gasteiger partial charge is 0.464 e. The Morgan fingerprint density at radius 1 is 0.945 bits per heavy atom. The number of carbonyl (C=O) groups is 4. The predicted molar refractivity (Wildman–Crippen MR) is 187 cm³/mol. The van der Waals surface area contributed by atoms with E-state index in [1.54, 1.807) is 0 Å². The molecule has 308 valence electrons. The van der Waals surface area contributed by atoms with E-state index >= 15 is 0 Å². The third-order valence-corrected chi connectivity index (χ3v) is 14.8. The van der Waals surface area contributed by atoms with Crippen LogP contribution in [0, 0.1) is 45.8 Å². The lowest BCUT2D eigenvalue weighted by Crippen LogP contribution is -2.55. The number of esters is 2. The second-order valence-corrected chi connectivity index (χ2v) is 19.7. The van der Waals surface area contributed by atoms with Gasteiger partial charge in [0.15, 0.2) is 12.6 Å². The number of aliphatic hydroxyl groups excluding tert-OH is 1. The first-order chi connectivity index (χ1) is 26.0. The Hall–Kier alpha value is -2.37. The number of fused-ring (bicyclic) bond motifs is 6. The molecule has 1 heterocycles. The molecule has 6 bridgehead atoms. The van der Waals surface area contributed by atoms with Gasteiger partial charge in [0.25, 0.3) is 0 Å². The van der Waals surface area contributed by atoms with Crippen molar-refractivity contribution in [3.05, 3.63) is 11.6 Å². The average Bonchev–Trinajstić information content (AvgIpc) is 3.15. The van der Waals surface area contributed by atoms with Gasteiger partial charge in [-0.15, -0.1) is 0 Å². The first-order valence-electron chi connectivity index (χ1n) is 19.9. The molecule has 9 atom stereocenters. The molecule has 0 aromatic heterocycles. The fourth-order valence-electron chi connectivity index (χ4n) is 11.5. The van der Waals surface area contributed by atoms with E-state index in [0.717, 1.165) is 63.1 Å². The minimum absolute atomic E-state index is 0.0197. The van der Waals surface area contributed by atoms with Gasteiger partial charge in [-0.05, 0) is 102 Å². The van der Waals surface area contributed by atoms with Crippen LogP contribution in [0.3, 0.4) is 0 Å². The summed E-state index contributed by atoms with van der Waals surface area (Å²) in [4.78, 5) is 50.0. The highest BCUT2D eigenvalue weighted by Gasteiger charge is 2.59. The lowest BCUT2D eigenvalue weighted by atomic mass is 9.59. The Balaban J connectivity index is 1.06. The number of hydrogen-bond donors (Lipinski definition) is 2. The Morgan fingerprint density at radius 3 is 2.38 bits per heavy atom. The van der Waals surface area contributed by atoms with Crippen LogP contribution in [0.4, 0.5) is 8.78 Å². The number of rotatable bonds is 13. The second kappa shape index (κ2) is 15.4. The minimum Gasteiger partial charge on any atom is -0.464 e. The van der Waals surface area contributed by atoms with Gasteiger partial charge in [0.05, 0.1) is 30.7 Å². The SMILES string of the molecule is O=CC1C=C2CCCC(C(=O)OCC3(COC(O)C45CCCC(CC(C=O)C4)C5)COC(C4CC5CCCC(OC(=O)C(F)(F)S(=O)(=O)O)(C5)C4)OC3)(C2)C1. The molecular formula is C39H54F2O13S. The van der Waals surface area contributed by atoms with Crippen molar-refractivity contribution in [3.63, 3.8) is 0 Å². The van der Waals surface area contributed by atoms with Gasteiger partial charge in [-0.2, -0.15) is 17.2 Å². The highest BCUT2D eigenvalue weighted by molar-refractivity contribution is 7.87. The van der Waals surface area contributed by atoms with E-state index in [0.29, 0.717) is 50.9 Å². The van der Waals surface area contributed by atoms with Crippen molar-refractivity contribution in [2.24, 2.45) is 45.8 Å². The number of carbonyl (C=O) groups excluding carboxylic acids is 4. The Bertz CT molecular complexity index is 1630. The maximum atomic E-state index is 14.3. The standard InChI is InChI=1S/C39H54F2O13S/c40-39(41,55(47,48)49)34(46)54-38-9-3-6-27(17-38)12-30(18-38)31-50-21-35(22-51-31,23-52-32(44)36-7-1-4-25(13-36)10-28(15-36)19-42)24-53-33(45)37-8-2-5-26(14-37)11-29(16-37)20-43/h10,19-20,26-31,33,45H,1-9,11-18,21-24H2,(H,47,48,49). The summed E-state index contributed by atoms with van der Waals surface area (Å²) in [5, 5.41) is 6.51. The van der Waals surface area contributed by atoms with E-state index in [4.69, 9.17) is 28.2 Å². The van der Waals surface area contributed by atoms with E-state index < -0.39 is 67.7 Å². The monoisotopic (exact) mass is 800 g/mol. The number of allylic oxidation sites excluding steroid dienone is 2. The molecule has 1 saturated heterocycles. The number of hydrogen-bond acceptors (Lipinski definition) is 12. The molecule has 0 radical (unpaired) electrons. The zero-order chi connectivity index (χ0) is 39.3. The van der Waals surface area contributed by atoms with Crippen LogP contribution < -0.4 is 0 Å². The molecule has 0 aromatic carbocycles. The fraction of sp³-hybridized carbons (Fsp3) is 0.846. The van der Waals surface area contributed by atoms with E-state index in [1.165, 1.54) is 0 Å². The number of alkyl halides is 2. The number of halogens is 2. The lowest BCUT2D eigenvalue weighted by molar-refractivity contribution is -0.293. The Kier molecular flexibility index (Phi) is 11.4. The van der Waals surface area contributed by atoms with Gasteiger partial charge in [-0.3, -0.25) is 9.35 Å². The van der Waals surface area contributed by atoms with E-state index in [1.807, 2.05) is 6.08 Å². The quantitative estimate of drug-likeness (QED) is 0.0826. The zero-order valence-corrected chi connectivity index (χ0v) is 32.0. The number of aliphatic hydroxyl groups is 1. The minimum atomic E-state index is -6.04. The molecule has 0 aromatic rings. The topological polar surface area (TPSA) is 189 Å². The molecule has 6 aliphatic carbocycles. The molecule has 0 amide bonds. The maximum absolute atomic E-state index is 14.3. The largest absolute Gasteiger partial charge is 0.465 e. The number of ether oxygens (including phenoxy) is 5. The molecule has 55 heavy (non-hydrogen) atoms. The summed E-state index contributed by atoms with van der Waals surface area (Å²) in [6.45, 7) is -0.298. The Labute approximate surface area is 320 Å². The molecule has 2 N–H and O–H groups in total. The van der Waals surface area contributed by atoms with Gasteiger partial charge in [0.1, 0.15) is 24.8 Å². The summed E-state index contributed by atoms with van der Waals surface area (Å²) >= 11 is 0. The first kappa shape index (κ1) is 40.8. The fourth-order valence-corrected chi connectivity index (χ4v) is 11.8. The summed E-state index contributed by atoms with van der Waals surface area (Å²) < 4.78 is 90.5. The third-order valence-electron chi connectivity index (χ3n) is 14.0. The molecule has 9 unspecified atom stereocenters. The molecule has 13 nitrogen and oxygen atoms in total. The molecule has 7 rings (SSSR count). The Morgan fingerprint density at radius 2 is 1.67 bits per heavy atom. The third kappa shape index (κ3) is 8.19. The summed E-state index contributed by atoms with van der Waals surface area (Å²) in [6, 6.07) is 0. The van der Waals surface area contributed by atoms with Crippen LogP contribution in [0.5, 0.6) is 0 Å². The molecule has 5 saturated carbocycles. The van der Waals surface area contributed by atoms with Crippen molar-refractivity contribution < 1.29 is 69.7 Å². The van der Waals surface area contributed by atoms with Crippen molar-refractivity contribution in [2.75, 3.05) is 26.4 Å². The summed E-state index contributed by atoms with van der Waals surface area (Å²) in [6.07, 6.45) is 12.0. The van der Waals surface area contributed by atoms with Crippen molar-refractivity contribution in [1.82, 2.24) is 0 Å². The normalized spacial score (nSPS) is 40.9. The van der Waals surface area contributed by atoms with Crippen LogP contribution in [0.1, 0.15) is 109 Å². The summed E-state index contributed by atoms with van der Waals surface area (Å²) in [5.74, 6) is -3.40. The van der Waals surface area contributed by atoms with Crippen molar-refractivity contribution in [3.8, 4) is 0 Å². The van der Waals surface area contributed by atoms with E-state index in [2.05, 4.69) is 0 Å². The van der Waals surface area contributed by atoms with Crippen LogP contribution in [-0.2, 0) is 53.0 Å². The lowest BCUT2D eigenvalue weighted by Gasteiger charge is -2.51. The van der Waals surface area contributed by atoms with Crippen LogP contribution >= 0.6 is 0 Å². The van der Waals surface area contributed by atoms with Crippen LogP contribution in [0.15, 0.2) is 11.6 Å².